The van der Waals surface area contributed by atoms with Crippen molar-refractivity contribution in [3.8, 4) is 5.75 Å². The van der Waals surface area contributed by atoms with Gasteiger partial charge < -0.3 is 4.74 Å². The van der Waals surface area contributed by atoms with Gasteiger partial charge in [0.2, 0.25) is 0 Å². The zero-order chi connectivity index (χ0) is 9.80. The average Bonchev–Trinajstić information content (AvgIpc) is 2.67. The van der Waals surface area contributed by atoms with E-state index in [-0.39, 0.29) is 0 Å². The number of methoxy groups -OCH3 is 1. The Balaban J connectivity index is 1.95. The maximum absolute atomic E-state index is 5.31. The molecule has 0 spiro atoms. The lowest BCUT2D eigenvalue weighted by molar-refractivity contribution is 0.220. The highest BCUT2D eigenvalue weighted by molar-refractivity contribution is 7.10. The molecule has 0 atom stereocenters. The minimum Gasteiger partial charge on any atom is -0.496 e. The summed E-state index contributed by atoms with van der Waals surface area (Å²) < 4.78 is 5.31. The first-order valence-electron chi connectivity index (χ1n) is 5.23. The summed E-state index contributed by atoms with van der Waals surface area (Å²) in [6.07, 6.45) is 4.11. The lowest BCUT2D eigenvalue weighted by atomic mass is 10.1. The van der Waals surface area contributed by atoms with Crippen LogP contribution in [-0.2, 0) is 6.54 Å². The topological polar surface area (TPSA) is 12.5 Å². The quantitative estimate of drug-likeness (QED) is 0.762. The van der Waals surface area contributed by atoms with E-state index in [9.17, 15) is 0 Å². The van der Waals surface area contributed by atoms with E-state index < -0.39 is 0 Å². The molecule has 1 aliphatic heterocycles. The van der Waals surface area contributed by atoms with E-state index in [1.807, 2.05) is 0 Å². The smallest absolute Gasteiger partial charge is 0.134 e. The van der Waals surface area contributed by atoms with Crippen molar-refractivity contribution in [2.45, 2.75) is 25.8 Å². The fourth-order valence-electron chi connectivity index (χ4n) is 1.95. The van der Waals surface area contributed by atoms with E-state index in [0.717, 1.165) is 12.3 Å². The largest absolute Gasteiger partial charge is 0.496 e. The Morgan fingerprint density at radius 2 is 2.14 bits per heavy atom. The molecule has 78 valence electrons. The number of thiophene rings is 1. The van der Waals surface area contributed by atoms with Gasteiger partial charge in [-0.25, -0.2) is 0 Å². The minimum atomic E-state index is 1.06. The highest BCUT2D eigenvalue weighted by Gasteiger charge is 2.13. The van der Waals surface area contributed by atoms with Crippen LogP contribution in [0.2, 0.25) is 0 Å². The fraction of sp³-hybridized carbons (Fsp3) is 0.636. The maximum atomic E-state index is 5.31. The van der Waals surface area contributed by atoms with Gasteiger partial charge >= 0.3 is 0 Å². The molecular formula is C11H17NOS. The Hall–Kier alpha value is -0.540. The van der Waals surface area contributed by atoms with Crippen molar-refractivity contribution in [1.29, 1.82) is 0 Å². The third-order valence-electron chi connectivity index (χ3n) is 2.74. The molecule has 1 aliphatic rings. The molecule has 2 nitrogen and oxygen atoms in total. The van der Waals surface area contributed by atoms with Gasteiger partial charge in [0.25, 0.3) is 0 Å². The van der Waals surface area contributed by atoms with E-state index in [4.69, 9.17) is 4.74 Å². The Morgan fingerprint density at radius 3 is 2.86 bits per heavy atom. The van der Waals surface area contributed by atoms with Gasteiger partial charge in [0, 0.05) is 6.54 Å². The average molecular weight is 211 g/mol. The van der Waals surface area contributed by atoms with Crippen molar-refractivity contribution in [3.05, 3.63) is 16.3 Å². The van der Waals surface area contributed by atoms with Crippen molar-refractivity contribution < 1.29 is 4.74 Å². The summed E-state index contributed by atoms with van der Waals surface area (Å²) >= 11 is 1.80. The van der Waals surface area contributed by atoms with Crippen LogP contribution in [0.5, 0.6) is 5.75 Å². The lowest BCUT2D eigenvalue weighted by Gasteiger charge is -2.25. The molecule has 2 heterocycles. The number of piperidine rings is 1. The van der Waals surface area contributed by atoms with Crippen LogP contribution in [0.25, 0.3) is 0 Å². The van der Waals surface area contributed by atoms with Crippen molar-refractivity contribution in [3.63, 3.8) is 0 Å². The van der Waals surface area contributed by atoms with Crippen LogP contribution in [0.15, 0.2) is 11.4 Å². The van der Waals surface area contributed by atoms with Gasteiger partial charge in [-0.2, -0.15) is 0 Å². The van der Waals surface area contributed by atoms with Crippen LogP contribution in [-0.4, -0.2) is 25.1 Å². The van der Waals surface area contributed by atoms with Gasteiger partial charge in [-0.15, -0.1) is 11.3 Å². The predicted molar refractivity (Wildman–Crippen MR) is 60.0 cm³/mol. The van der Waals surface area contributed by atoms with Crippen molar-refractivity contribution >= 4 is 11.3 Å². The first-order valence-corrected chi connectivity index (χ1v) is 6.11. The van der Waals surface area contributed by atoms with Gasteiger partial charge in [0.05, 0.1) is 12.0 Å². The molecule has 0 aromatic carbocycles. The summed E-state index contributed by atoms with van der Waals surface area (Å²) in [7, 11) is 1.75. The molecule has 0 aliphatic carbocycles. The molecule has 3 heteroatoms. The van der Waals surface area contributed by atoms with E-state index in [1.165, 1.54) is 37.2 Å². The third-order valence-corrected chi connectivity index (χ3v) is 3.63. The first kappa shape index (κ1) is 9.99. The van der Waals surface area contributed by atoms with Crippen LogP contribution in [0, 0.1) is 0 Å². The van der Waals surface area contributed by atoms with Gasteiger partial charge in [-0.1, -0.05) is 6.42 Å². The van der Waals surface area contributed by atoms with Crippen molar-refractivity contribution in [1.82, 2.24) is 4.90 Å². The van der Waals surface area contributed by atoms with Crippen molar-refractivity contribution in [2.75, 3.05) is 20.2 Å². The van der Waals surface area contributed by atoms with Gasteiger partial charge in [-0.3, -0.25) is 4.90 Å². The molecule has 0 radical (unpaired) electrons. The van der Waals surface area contributed by atoms with Crippen LogP contribution in [0.4, 0.5) is 0 Å². The Labute approximate surface area is 89.5 Å². The van der Waals surface area contributed by atoms with Gasteiger partial charge in [0.15, 0.2) is 0 Å². The number of nitrogens with zero attached hydrogens (tertiary/aromatic N) is 1. The molecule has 1 fully saturated rings. The monoisotopic (exact) mass is 211 g/mol. The third kappa shape index (κ3) is 2.28. The SMILES string of the molecule is COc1ccsc1CN1CCCCC1. The summed E-state index contributed by atoms with van der Waals surface area (Å²) in [5, 5.41) is 2.11. The molecule has 1 aromatic heterocycles. The standard InChI is InChI=1S/C11H17NOS/c1-13-10-5-8-14-11(10)9-12-6-3-2-4-7-12/h5,8H,2-4,6-7,9H2,1H3. The molecule has 2 rings (SSSR count). The van der Waals surface area contributed by atoms with Gasteiger partial charge in [-0.05, 0) is 37.4 Å². The lowest BCUT2D eigenvalue weighted by Crippen LogP contribution is -2.28. The van der Waals surface area contributed by atoms with Crippen LogP contribution in [0.3, 0.4) is 0 Å². The second-order valence-electron chi connectivity index (χ2n) is 3.75. The van der Waals surface area contributed by atoms with E-state index in [2.05, 4.69) is 16.3 Å². The molecular weight excluding hydrogens is 194 g/mol. The molecule has 0 amide bonds. The molecule has 1 saturated heterocycles. The summed E-state index contributed by atoms with van der Waals surface area (Å²) in [4.78, 5) is 3.90. The highest BCUT2D eigenvalue weighted by Crippen LogP contribution is 2.26. The Morgan fingerprint density at radius 1 is 1.36 bits per heavy atom. The van der Waals surface area contributed by atoms with Gasteiger partial charge in [0.1, 0.15) is 5.75 Å². The van der Waals surface area contributed by atoms with Crippen LogP contribution < -0.4 is 4.74 Å². The molecule has 0 unspecified atom stereocenters. The fourth-order valence-corrected chi connectivity index (χ4v) is 2.83. The zero-order valence-electron chi connectivity index (χ0n) is 8.66. The molecule has 0 saturated carbocycles. The summed E-state index contributed by atoms with van der Waals surface area (Å²) in [6.45, 7) is 3.57. The first-order chi connectivity index (χ1) is 6.90. The Bertz CT molecular complexity index is 279. The summed E-state index contributed by atoms with van der Waals surface area (Å²) in [5.41, 5.74) is 0. The normalized spacial score (nSPS) is 18.4. The second-order valence-corrected chi connectivity index (χ2v) is 4.75. The Kier molecular flexibility index (Phi) is 3.43. The number of ether oxygens (including phenoxy) is 1. The summed E-state index contributed by atoms with van der Waals surface area (Å²) in [6, 6.07) is 2.06. The summed E-state index contributed by atoms with van der Waals surface area (Å²) in [5.74, 6) is 1.06. The number of likely N-dealkylation sites (tertiary alicyclic amines) is 1. The minimum absolute atomic E-state index is 1.06. The second kappa shape index (κ2) is 4.80. The number of hydrogen-bond acceptors (Lipinski definition) is 3. The molecule has 0 bridgehead atoms. The number of hydrogen-bond donors (Lipinski definition) is 0. The number of rotatable bonds is 3. The molecule has 0 N–H and O–H groups in total. The highest BCUT2D eigenvalue weighted by atomic mass is 32.1. The molecule has 1 aromatic rings. The predicted octanol–water partition coefficient (Wildman–Crippen LogP) is 2.74. The van der Waals surface area contributed by atoms with E-state index >= 15 is 0 Å². The van der Waals surface area contributed by atoms with Crippen molar-refractivity contribution in [2.24, 2.45) is 0 Å². The van der Waals surface area contributed by atoms with E-state index in [1.54, 1.807) is 18.4 Å². The van der Waals surface area contributed by atoms with Crippen LogP contribution >= 0.6 is 11.3 Å². The zero-order valence-corrected chi connectivity index (χ0v) is 9.48. The van der Waals surface area contributed by atoms with Crippen LogP contribution in [0.1, 0.15) is 24.1 Å². The van der Waals surface area contributed by atoms with E-state index in [0.29, 0.717) is 0 Å². The molecule has 14 heavy (non-hydrogen) atoms. The maximum Gasteiger partial charge on any atom is 0.134 e.